The van der Waals surface area contributed by atoms with Gasteiger partial charge in [0.05, 0.1) is 16.2 Å². The van der Waals surface area contributed by atoms with Crippen molar-refractivity contribution in [2.75, 3.05) is 5.73 Å². The molecule has 1 heterocycles. The molecule has 0 fully saturated rings. The molecule has 6 nitrogen and oxygen atoms in total. The number of nitro groups is 1. The van der Waals surface area contributed by atoms with E-state index in [1.54, 1.807) is 0 Å². The molecule has 0 amide bonds. The third kappa shape index (κ3) is 2.29. The van der Waals surface area contributed by atoms with Gasteiger partial charge in [-0.2, -0.15) is 18.3 Å². The quantitative estimate of drug-likeness (QED) is 0.679. The summed E-state index contributed by atoms with van der Waals surface area (Å²) in [5, 5.41) is 14.6. The predicted molar refractivity (Wildman–Crippen MR) is 64.4 cm³/mol. The molecule has 2 aromatic rings. The summed E-state index contributed by atoms with van der Waals surface area (Å²) in [6, 6.07) is 4.24. The first kappa shape index (κ1) is 13.8. The number of hydrogen-bond donors (Lipinski definition) is 1. The van der Waals surface area contributed by atoms with E-state index in [9.17, 15) is 23.3 Å². The molecule has 20 heavy (non-hydrogen) atoms. The van der Waals surface area contributed by atoms with Crippen LogP contribution in [0, 0.1) is 17.0 Å². The molecule has 0 saturated heterocycles. The van der Waals surface area contributed by atoms with E-state index in [1.807, 2.05) is 0 Å². The third-order valence-corrected chi connectivity index (χ3v) is 2.66. The van der Waals surface area contributed by atoms with Crippen molar-refractivity contribution in [1.82, 2.24) is 9.78 Å². The van der Waals surface area contributed by atoms with Crippen molar-refractivity contribution in [3.63, 3.8) is 0 Å². The van der Waals surface area contributed by atoms with Crippen molar-refractivity contribution in [1.29, 1.82) is 0 Å². The summed E-state index contributed by atoms with van der Waals surface area (Å²) in [5.41, 5.74) is 4.32. The van der Waals surface area contributed by atoms with Crippen LogP contribution in [0.1, 0.15) is 11.3 Å². The molecule has 0 aliphatic rings. The van der Waals surface area contributed by atoms with Gasteiger partial charge in [-0.1, -0.05) is 6.07 Å². The highest BCUT2D eigenvalue weighted by molar-refractivity contribution is 5.60. The number of rotatable bonds is 2. The Morgan fingerprint density at radius 3 is 2.55 bits per heavy atom. The van der Waals surface area contributed by atoms with Crippen molar-refractivity contribution in [3.8, 4) is 5.69 Å². The Morgan fingerprint density at radius 2 is 2.05 bits per heavy atom. The number of anilines is 1. The molecule has 0 atom stereocenters. The number of nitrogens with two attached hydrogens (primary N) is 1. The van der Waals surface area contributed by atoms with Crippen LogP contribution in [0.25, 0.3) is 5.69 Å². The lowest BCUT2D eigenvalue weighted by molar-refractivity contribution is -0.384. The highest BCUT2D eigenvalue weighted by Crippen LogP contribution is 2.32. The summed E-state index contributed by atoms with van der Waals surface area (Å²) in [7, 11) is 0. The van der Waals surface area contributed by atoms with Gasteiger partial charge in [0.1, 0.15) is 5.69 Å². The number of benzene rings is 1. The van der Waals surface area contributed by atoms with Gasteiger partial charge in [-0.15, -0.1) is 0 Å². The fourth-order valence-electron chi connectivity index (χ4n) is 1.77. The zero-order chi connectivity index (χ0) is 15.1. The van der Waals surface area contributed by atoms with Gasteiger partial charge in [-0.3, -0.25) is 10.1 Å². The average Bonchev–Trinajstić information content (AvgIpc) is 2.64. The summed E-state index contributed by atoms with van der Waals surface area (Å²) in [6.45, 7) is 1.36. The average molecular weight is 286 g/mol. The van der Waals surface area contributed by atoms with Gasteiger partial charge in [0.25, 0.3) is 0 Å². The van der Waals surface area contributed by atoms with Crippen LogP contribution < -0.4 is 5.73 Å². The topological polar surface area (TPSA) is 87.0 Å². The fraction of sp³-hybridized carbons (Fsp3) is 0.182. The molecule has 0 spiro atoms. The van der Waals surface area contributed by atoms with Gasteiger partial charge in [-0.05, 0) is 25.1 Å². The maximum Gasteiger partial charge on any atom is 0.416 e. The predicted octanol–water partition coefficient (Wildman–Crippen LogP) is 2.69. The van der Waals surface area contributed by atoms with E-state index in [1.165, 1.54) is 19.1 Å². The number of alkyl halides is 3. The van der Waals surface area contributed by atoms with E-state index in [0.29, 0.717) is 0 Å². The zero-order valence-electron chi connectivity index (χ0n) is 10.2. The first-order valence-electron chi connectivity index (χ1n) is 5.39. The molecule has 2 N–H and O–H groups in total. The number of nitrogen functional groups attached to an aromatic ring is 1. The van der Waals surface area contributed by atoms with Crippen LogP contribution in [0.5, 0.6) is 0 Å². The van der Waals surface area contributed by atoms with E-state index < -0.39 is 22.4 Å². The summed E-state index contributed by atoms with van der Waals surface area (Å²) in [5.74, 6) is -0.313. The molecule has 9 heteroatoms. The van der Waals surface area contributed by atoms with Crippen LogP contribution in [-0.2, 0) is 6.18 Å². The minimum atomic E-state index is -4.51. The first-order chi connectivity index (χ1) is 9.21. The van der Waals surface area contributed by atoms with Gasteiger partial charge in [-0.25, -0.2) is 4.68 Å². The monoisotopic (exact) mass is 286 g/mol. The Hall–Kier alpha value is -2.58. The van der Waals surface area contributed by atoms with E-state index in [-0.39, 0.29) is 17.2 Å². The molecule has 1 aromatic carbocycles. The number of aryl methyl sites for hydroxylation is 1. The van der Waals surface area contributed by atoms with Crippen molar-refractivity contribution < 1.29 is 18.1 Å². The summed E-state index contributed by atoms with van der Waals surface area (Å²) in [4.78, 5) is 10.1. The van der Waals surface area contributed by atoms with E-state index in [4.69, 9.17) is 5.73 Å². The maximum atomic E-state index is 12.6. The maximum absolute atomic E-state index is 12.6. The standard InChI is InChI=1S/C11H9F3N4O2/c1-6-9(18(19)20)10(15)17(16-6)8-4-2-3-7(5-8)11(12,13)14/h2-5H,15H2,1H3. The summed E-state index contributed by atoms with van der Waals surface area (Å²) >= 11 is 0. The second kappa shape index (κ2) is 4.51. The normalized spacial score (nSPS) is 11.6. The number of aromatic nitrogens is 2. The Balaban J connectivity index is 2.58. The minimum absolute atomic E-state index is 0.00789. The minimum Gasteiger partial charge on any atom is -0.378 e. The molecule has 0 radical (unpaired) electrons. The highest BCUT2D eigenvalue weighted by Gasteiger charge is 2.31. The van der Waals surface area contributed by atoms with Gasteiger partial charge >= 0.3 is 11.9 Å². The molecule has 1 aromatic heterocycles. The van der Waals surface area contributed by atoms with E-state index >= 15 is 0 Å². The van der Waals surface area contributed by atoms with Crippen molar-refractivity contribution in [2.45, 2.75) is 13.1 Å². The molecule has 0 unspecified atom stereocenters. The highest BCUT2D eigenvalue weighted by atomic mass is 19.4. The number of nitrogens with zero attached hydrogens (tertiary/aromatic N) is 3. The van der Waals surface area contributed by atoms with Crippen molar-refractivity contribution >= 4 is 11.5 Å². The van der Waals surface area contributed by atoms with E-state index in [0.717, 1.165) is 16.8 Å². The lowest BCUT2D eigenvalue weighted by atomic mass is 10.2. The largest absolute Gasteiger partial charge is 0.416 e. The lowest BCUT2D eigenvalue weighted by Gasteiger charge is -2.09. The van der Waals surface area contributed by atoms with Gasteiger partial charge in [0, 0.05) is 0 Å². The van der Waals surface area contributed by atoms with Crippen molar-refractivity contribution in [3.05, 3.63) is 45.6 Å². The van der Waals surface area contributed by atoms with Gasteiger partial charge in [0.15, 0.2) is 0 Å². The lowest BCUT2D eigenvalue weighted by Crippen LogP contribution is -2.08. The molecule has 0 saturated carbocycles. The summed E-state index contributed by atoms with van der Waals surface area (Å²) in [6.07, 6.45) is -4.51. The third-order valence-electron chi connectivity index (χ3n) is 2.66. The van der Waals surface area contributed by atoms with Gasteiger partial charge in [0.2, 0.25) is 5.82 Å². The molecule has 0 aliphatic heterocycles. The Morgan fingerprint density at radius 1 is 1.40 bits per heavy atom. The molecule has 0 bridgehead atoms. The first-order valence-corrected chi connectivity index (χ1v) is 5.39. The molecule has 2 rings (SSSR count). The van der Waals surface area contributed by atoms with Crippen molar-refractivity contribution in [2.24, 2.45) is 0 Å². The van der Waals surface area contributed by atoms with E-state index in [2.05, 4.69) is 5.10 Å². The molecular formula is C11H9F3N4O2. The van der Waals surface area contributed by atoms with Gasteiger partial charge < -0.3 is 5.73 Å². The van der Waals surface area contributed by atoms with Crippen LogP contribution in [0.3, 0.4) is 0 Å². The van der Waals surface area contributed by atoms with Crippen LogP contribution in [0.4, 0.5) is 24.7 Å². The van der Waals surface area contributed by atoms with Crippen LogP contribution in [0.15, 0.2) is 24.3 Å². The summed E-state index contributed by atoms with van der Waals surface area (Å²) < 4.78 is 38.8. The molecule has 0 aliphatic carbocycles. The second-order valence-corrected chi connectivity index (χ2v) is 4.04. The Bertz CT molecular complexity index is 679. The molecular weight excluding hydrogens is 277 g/mol. The number of hydrogen-bond acceptors (Lipinski definition) is 4. The molecule has 106 valence electrons. The van der Waals surface area contributed by atoms with Crippen LogP contribution in [0.2, 0.25) is 0 Å². The second-order valence-electron chi connectivity index (χ2n) is 4.04. The number of halogens is 3. The SMILES string of the molecule is Cc1nn(-c2cccc(C(F)(F)F)c2)c(N)c1[N+](=O)[O-]. The fourth-order valence-corrected chi connectivity index (χ4v) is 1.77. The van der Waals surface area contributed by atoms with Crippen LogP contribution >= 0.6 is 0 Å². The smallest absolute Gasteiger partial charge is 0.378 e. The Labute approximate surface area is 110 Å². The Kier molecular flexibility index (Phi) is 3.12. The van der Waals surface area contributed by atoms with Crippen LogP contribution in [-0.4, -0.2) is 14.7 Å². The zero-order valence-corrected chi connectivity index (χ0v) is 10.2.